The standard InChI is InChI=1S/C9H4Cl6N2O2/c10-3-4(11)8(13)2-1(5(18)16-17-6(2)19)7(3,12)9(8,14)15/h1-2H,(H,16,18)(H,17,19)/t1-,2+,7-,8-/m1/s1. The molecule has 2 N–H and O–H groups in total. The second kappa shape index (κ2) is 3.79. The molecule has 0 aromatic carbocycles. The summed E-state index contributed by atoms with van der Waals surface area (Å²) in [7, 11) is 0. The number of carbonyl (C=O) groups excluding carboxylic acids is 2. The van der Waals surface area contributed by atoms with Gasteiger partial charge in [-0.15, -0.1) is 23.2 Å². The molecule has 4 nitrogen and oxygen atoms in total. The molecule has 1 heterocycles. The zero-order valence-corrected chi connectivity index (χ0v) is 13.3. The van der Waals surface area contributed by atoms with Crippen LogP contribution in [0.2, 0.25) is 0 Å². The molecule has 1 aliphatic heterocycles. The molecule has 104 valence electrons. The average Bonchev–Trinajstić information content (AvgIpc) is 2.55. The molecule has 2 amide bonds. The van der Waals surface area contributed by atoms with Crippen LogP contribution in [0.5, 0.6) is 0 Å². The number of hydrazine groups is 1. The number of fused-ring (bicyclic) bond motifs is 5. The van der Waals surface area contributed by atoms with Crippen LogP contribution in [-0.2, 0) is 9.59 Å². The molecule has 3 aliphatic rings. The minimum atomic E-state index is -1.90. The largest absolute Gasteiger partial charge is 0.273 e. The Morgan fingerprint density at radius 1 is 0.789 bits per heavy atom. The molecule has 1 saturated heterocycles. The fourth-order valence-corrected chi connectivity index (χ4v) is 5.87. The predicted octanol–water partition coefficient (Wildman–Crippen LogP) is 2.23. The number of hydrogen-bond acceptors (Lipinski definition) is 2. The summed E-state index contributed by atoms with van der Waals surface area (Å²) >= 11 is 37.4. The molecule has 3 rings (SSSR count). The highest BCUT2D eigenvalue weighted by molar-refractivity contribution is 6.66. The van der Waals surface area contributed by atoms with Crippen LogP contribution in [0.25, 0.3) is 0 Å². The van der Waals surface area contributed by atoms with Gasteiger partial charge in [-0.25, -0.2) is 0 Å². The van der Waals surface area contributed by atoms with E-state index in [1.54, 1.807) is 0 Å². The van der Waals surface area contributed by atoms with Crippen molar-refractivity contribution in [1.29, 1.82) is 0 Å². The van der Waals surface area contributed by atoms with Gasteiger partial charge in [0.15, 0.2) is 4.33 Å². The Balaban J connectivity index is 2.35. The number of amides is 2. The van der Waals surface area contributed by atoms with Gasteiger partial charge in [0, 0.05) is 0 Å². The van der Waals surface area contributed by atoms with E-state index in [-0.39, 0.29) is 10.1 Å². The number of allylic oxidation sites excluding steroid dienone is 2. The van der Waals surface area contributed by atoms with Gasteiger partial charge in [0.1, 0.15) is 9.75 Å². The molecule has 2 bridgehead atoms. The molecule has 0 unspecified atom stereocenters. The van der Waals surface area contributed by atoms with E-state index < -0.39 is 37.7 Å². The first kappa shape index (κ1) is 14.4. The number of halogens is 6. The van der Waals surface area contributed by atoms with Gasteiger partial charge in [0.2, 0.25) is 11.8 Å². The van der Waals surface area contributed by atoms with E-state index in [1.165, 1.54) is 0 Å². The van der Waals surface area contributed by atoms with Crippen molar-refractivity contribution >= 4 is 81.4 Å². The van der Waals surface area contributed by atoms with Crippen LogP contribution in [-0.4, -0.2) is 25.9 Å². The fourth-order valence-electron chi connectivity index (χ4n) is 2.93. The molecule has 0 aromatic heterocycles. The van der Waals surface area contributed by atoms with Gasteiger partial charge >= 0.3 is 0 Å². The third-order valence-corrected chi connectivity index (χ3v) is 8.07. The van der Waals surface area contributed by atoms with Gasteiger partial charge < -0.3 is 0 Å². The smallest absolute Gasteiger partial charge is 0.244 e. The lowest BCUT2D eigenvalue weighted by Gasteiger charge is -2.37. The average molecular weight is 385 g/mol. The lowest BCUT2D eigenvalue weighted by molar-refractivity contribution is -0.143. The minimum Gasteiger partial charge on any atom is -0.273 e. The number of carbonyl (C=O) groups is 2. The summed E-state index contributed by atoms with van der Waals surface area (Å²) in [5.41, 5.74) is 4.36. The Hall–Kier alpha value is 0.420. The van der Waals surface area contributed by atoms with E-state index in [0.29, 0.717) is 0 Å². The molecule has 19 heavy (non-hydrogen) atoms. The molecule has 1 saturated carbocycles. The fraction of sp³-hybridized carbons (Fsp3) is 0.556. The van der Waals surface area contributed by atoms with E-state index in [4.69, 9.17) is 69.6 Å². The molecule has 0 spiro atoms. The summed E-state index contributed by atoms with van der Waals surface area (Å²) in [6.07, 6.45) is 0. The van der Waals surface area contributed by atoms with Crippen LogP contribution < -0.4 is 10.9 Å². The van der Waals surface area contributed by atoms with Gasteiger partial charge in [0.05, 0.1) is 21.9 Å². The predicted molar refractivity (Wildman–Crippen MR) is 73.6 cm³/mol. The Morgan fingerprint density at radius 2 is 1.11 bits per heavy atom. The maximum Gasteiger partial charge on any atom is 0.244 e. The van der Waals surface area contributed by atoms with E-state index in [1.807, 2.05) is 0 Å². The van der Waals surface area contributed by atoms with Crippen LogP contribution >= 0.6 is 69.6 Å². The first-order chi connectivity index (χ1) is 8.61. The van der Waals surface area contributed by atoms with Crippen LogP contribution in [0, 0.1) is 11.8 Å². The van der Waals surface area contributed by atoms with Crippen molar-refractivity contribution in [3.8, 4) is 0 Å². The van der Waals surface area contributed by atoms with Crippen molar-refractivity contribution in [2.75, 3.05) is 0 Å². The molecule has 2 aliphatic carbocycles. The summed E-state index contributed by atoms with van der Waals surface area (Å²) in [5, 5.41) is -0.219. The van der Waals surface area contributed by atoms with Crippen LogP contribution in [0.1, 0.15) is 0 Å². The Morgan fingerprint density at radius 3 is 1.42 bits per heavy atom. The summed E-state index contributed by atoms with van der Waals surface area (Å²) < 4.78 is -1.90. The number of hydrogen-bond donors (Lipinski definition) is 2. The zero-order chi connectivity index (χ0) is 14.4. The van der Waals surface area contributed by atoms with Gasteiger partial charge in [-0.2, -0.15) is 0 Å². The van der Waals surface area contributed by atoms with Crippen LogP contribution in [0.15, 0.2) is 10.1 Å². The lowest BCUT2D eigenvalue weighted by Crippen LogP contribution is -2.62. The number of rotatable bonds is 0. The highest BCUT2D eigenvalue weighted by Gasteiger charge is 2.85. The Kier molecular flexibility index (Phi) is 2.86. The monoisotopic (exact) mass is 382 g/mol. The lowest BCUT2D eigenvalue weighted by atomic mass is 9.80. The van der Waals surface area contributed by atoms with Crippen molar-refractivity contribution in [2.24, 2.45) is 11.8 Å². The summed E-state index contributed by atoms with van der Waals surface area (Å²) in [5.74, 6) is -3.36. The molecule has 0 aromatic rings. The number of nitrogens with one attached hydrogen (secondary N) is 2. The van der Waals surface area contributed by atoms with E-state index in [9.17, 15) is 9.59 Å². The van der Waals surface area contributed by atoms with Crippen molar-refractivity contribution in [1.82, 2.24) is 10.9 Å². The topological polar surface area (TPSA) is 58.2 Å². The van der Waals surface area contributed by atoms with E-state index in [0.717, 1.165) is 0 Å². The second-order valence-electron chi connectivity index (χ2n) is 4.56. The summed E-state index contributed by atoms with van der Waals surface area (Å²) in [4.78, 5) is 20.5. The zero-order valence-electron chi connectivity index (χ0n) is 8.74. The molecular formula is C9H4Cl6N2O2. The third kappa shape index (κ3) is 1.23. The third-order valence-electron chi connectivity index (χ3n) is 3.81. The molecular weight excluding hydrogens is 381 g/mol. The molecule has 4 atom stereocenters. The van der Waals surface area contributed by atoms with Crippen LogP contribution in [0.4, 0.5) is 0 Å². The quantitative estimate of drug-likeness (QED) is 0.629. The summed E-state index contributed by atoms with van der Waals surface area (Å²) in [6, 6.07) is 0. The normalized spacial score (nSPS) is 47.1. The van der Waals surface area contributed by atoms with Gasteiger partial charge in [-0.3, -0.25) is 20.4 Å². The maximum atomic E-state index is 12.0. The van der Waals surface area contributed by atoms with Gasteiger partial charge in [-0.1, -0.05) is 46.4 Å². The van der Waals surface area contributed by atoms with Crippen molar-refractivity contribution in [3.63, 3.8) is 0 Å². The molecule has 0 radical (unpaired) electrons. The van der Waals surface area contributed by atoms with Crippen molar-refractivity contribution < 1.29 is 9.59 Å². The minimum absolute atomic E-state index is 0.109. The Bertz CT molecular complexity index is 517. The SMILES string of the molecule is O=C1NNC(=O)[C@H]2[C@@H]1[C@@]1(Cl)C(Cl)=C(Cl)[C@@]2(Cl)C1(Cl)Cl. The Labute approximate surface area is 137 Å². The van der Waals surface area contributed by atoms with Crippen LogP contribution in [0.3, 0.4) is 0 Å². The first-order valence-electron chi connectivity index (χ1n) is 5.03. The molecule has 10 heteroatoms. The van der Waals surface area contributed by atoms with E-state index in [2.05, 4.69) is 10.9 Å². The highest BCUT2D eigenvalue weighted by Crippen LogP contribution is 2.76. The van der Waals surface area contributed by atoms with Gasteiger partial charge in [-0.05, 0) is 0 Å². The molecule has 2 fully saturated rings. The highest BCUT2D eigenvalue weighted by atomic mass is 35.5. The summed E-state index contributed by atoms with van der Waals surface area (Å²) in [6.45, 7) is 0. The van der Waals surface area contributed by atoms with Gasteiger partial charge in [0.25, 0.3) is 0 Å². The van der Waals surface area contributed by atoms with Crippen molar-refractivity contribution in [2.45, 2.75) is 14.1 Å². The second-order valence-corrected chi connectivity index (χ2v) is 7.84. The number of alkyl halides is 4. The maximum absolute atomic E-state index is 12.0. The first-order valence-corrected chi connectivity index (χ1v) is 7.30. The van der Waals surface area contributed by atoms with Crippen molar-refractivity contribution in [3.05, 3.63) is 10.1 Å². The van der Waals surface area contributed by atoms with E-state index >= 15 is 0 Å².